The first-order valence-corrected chi connectivity index (χ1v) is 6.60. The van der Waals surface area contributed by atoms with E-state index in [1.54, 1.807) is 18.2 Å². The minimum atomic E-state index is -0.300. The van der Waals surface area contributed by atoms with Crippen LogP contribution < -0.4 is 5.73 Å². The molecular weight excluding hydrogens is 231 g/mol. The summed E-state index contributed by atoms with van der Waals surface area (Å²) in [4.78, 5) is 2.26. The smallest absolute Gasteiger partial charge is 0.150 e. The number of nitrogens with zero attached hydrogens (tertiary/aromatic N) is 1. The molecule has 0 unspecified atom stereocenters. The summed E-state index contributed by atoms with van der Waals surface area (Å²) in [5, 5.41) is 8.93. The van der Waals surface area contributed by atoms with Crippen molar-refractivity contribution in [1.29, 1.82) is 0 Å². The molecule has 0 atom stereocenters. The minimum Gasteiger partial charge on any atom is -0.396 e. The average molecular weight is 252 g/mol. The molecule has 100 valence electrons. The molecule has 0 saturated heterocycles. The Morgan fingerprint density at radius 3 is 2.78 bits per heavy atom. The number of anilines is 1. The number of benzene rings is 1. The van der Waals surface area contributed by atoms with Gasteiger partial charge in [0.05, 0.1) is 5.69 Å². The van der Waals surface area contributed by atoms with E-state index < -0.39 is 0 Å². The summed E-state index contributed by atoms with van der Waals surface area (Å²) in [5.74, 6) is -0.300. The van der Waals surface area contributed by atoms with E-state index in [9.17, 15) is 4.39 Å². The van der Waals surface area contributed by atoms with Crippen LogP contribution in [0.25, 0.3) is 0 Å². The molecule has 1 aliphatic rings. The van der Waals surface area contributed by atoms with Crippen molar-refractivity contribution in [2.75, 3.05) is 18.9 Å². The van der Waals surface area contributed by atoms with E-state index in [0.29, 0.717) is 18.2 Å². The average Bonchev–Trinajstić information content (AvgIpc) is 2.29. The fourth-order valence-corrected chi connectivity index (χ4v) is 2.36. The second-order valence-electron chi connectivity index (χ2n) is 4.95. The zero-order valence-corrected chi connectivity index (χ0v) is 10.6. The van der Waals surface area contributed by atoms with Crippen LogP contribution in [0.3, 0.4) is 0 Å². The van der Waals surface area contributed by atoms with Gasteiger partial charge in [-0.05, 0) is 25.3 Å². The van der Waals surface area contributed by atoms with Crippen LogP contribution in [0, 0.1) is 5.82 Å². The number of nitrogen functional groups attached to an aromatic ring is 1. The molecule has 18 heavy (non-hydrogen) atoms. The molecule has 0 radical (unpaired) electrons. The molecular formula is C14H21FN2O. The molecule has 3 nitrogen and oxygen atoms in total. The van der Waals surface area contributed by atoms with Crippen molar-refractivity contribution in [1.82, 2.24) is 4.90 Å². The van der Waals surface area contributed by atoms with Gasteiger partial charge in [0, 0.05) is 31.3 Å². The normalized spacial score (nSPS) is 15.9. The lowest BCUT2D eigenvalue weighted by Gasteiger charge is -2.37. The Labute approximate surface area is 107 Å². The topological polar surface area (TPSA) is 49.5 Å². The van der Waals surface area contributed by atoms with E-state index in [1.165, 1.54) is 19.3 Å². The van der Waals surface area contributed by atoms with Gasteiger partial charge in [0.2, 0.25) is 0 Å². The summed E-state index contributed by atoms with van der Waals surface area (Å²) in [6, 6.07) is 5.70. The Hall–Kier alpha value is -1.13. The standard InChI is InChI=1S/C14H21FN2O/c15-14-11(4-1-7-13(14)16)10-17(8-3-9-18)12-5-2-6-12/h1,4,7,12,18H,2-3,5-6,8-10,16H2. The number of halogens is 1. The fourth-order valence-electron chi connectivity index (χ4n) is 2.36. The molecule has 3 N–H and O–H groups in total. The number of aliphatic hydroxyl groups is 1. The number of aliphatic hydroxyl groups excluding tert-OH is 1. The van der Waals surface area contributed by atoms with Crippen LogP contribution in [0.15, 0.2) is 18.2 Å². The first kappa shape index (κ1) is 13.3. The largest absolute Gasteiger partial charge is 0.396 e. The van der Waals surface area contributed by atoms with Crippen molar-refractivity contribution >= 4 is 5.69 Å². The lowest BCUT2D eigenvalue weighted by Crippen LogP contribution is -2.40. The number of hydrogen-bond acceptors (Lipinski definition) is 3. The molecule has 1 aliphatic carbocycles. The van der Waals surface area contributed by atoms with Gasteiger partial charge >= 0.3 is 0 Å². The van der Waals surface area contributed by atoms with Gasteiger partial charge in [0.15, 0.2) is 5.82 Å². The van der Waals surface area contributed by atoms with Gasteiger partial charge < -0.3 is 10.8 Å². The van der Waals surface area contributed by atoms with Crippen molar-refractivity contribution in [3.8, 4) is 0 Å². The van der Waals surface area contributed by atoms with Crippen LogP contribution in [0.2, 0.25) is 0 Å². The third-order valence-corrected chi connectivity index (χ3v) is 3.68. The Morgan fingerprint density at radius 2 is 2.17 bits per heavy atom. The minimum absolute atomic E-state index is 0.183. The van der Waals surface area contributed by atoms with Gasteiger partial charge in [0.1, 0.15) is 0 Å². The van der Waals surface area contributed by atoms with Gasteiger partial charge in [-0.15, -0.1) is 0 Å². The summed E-state index contributed by atoms with van der Waals surface area (Å²) in [6.07, 6.45) is 4.34. The maximum atomic E-state index is 13.9. The molecule has 0 bridgehead atoms. The molecule has 0 heterocycles. The van der Waals surface area contributed by atoms with Gasteiger partial charge in [-0.25, -0.2) is 4.39 Å². The molecule has 4 heteroatoms. The van der Waals surface area contributed by atoms with Crippen molar-refractivity contribution in [3.05, 3.63) is 29.6 Å². The first-order chi connectivity index (χ1) is 8.72. The van der Waals surface area contributed by atoms with E-state index in [-0.39, 0.29) is 18.1 Å². The number of rotatable bonds is 6. The quantitative estimate of drug-likeness (QED) is 0.763. The van der Waals surface area contributed by atoms with Crippen LogP contribution in [-0.4, -0.2) is 29.2 Å². The monoisotopic (exact) mass is 252 g/mol. The zero-order valence-electron chi connectivity index (χ0n) is 10.6. The zero-order chi connectivity index (χ0) is 13.0. The lowest BCUT2D eigenvalue weighted by molar-refractivity contribution is 0.108. The highest BCUT2D eigenvalue weighted by molar-refractivity contribution is 5.42. The Morgan fingerprint density at radius 1 is 1.39 bits per heavy atom. The second-order valence-corrected chi connectivity index (χ2v) is 4.95. The predicted octanol–water partition coefficient (Wildman–Crippen LogP) is 2.14. The highest BCUT2D eigenvalue weighted by Gasteiger charge is 2.25. The van der Waals surface area contributed by atoms with E-state index >= 15 is 0 Å². The van der Waals surface area contributed by atoms with E-state index in [1.807, 2.05) is 0 Å². The van der Waals surface area contributed by atoms with Crippen molar-refractivity contribution < 1.29 is 9.50 Å². The SMILES string of the molecule is Nc1cccc(CN(CCCO)C2CCC2)c1F. The van der Waals surface area contributed by atoms with Crippen LogP contribution in [-0.2, 0) is 6.54 Å². The molecule has 0 amide bonds. The van der Waals surface area contributed by atoms with Crippen LogP contribution in [0.5, 0.6) is 0 Å². The van der Waals surface area contributed by atoms with Gasteiger partial charge in [0.25, 0.3) is 0 Å². The summed E-state index contributed by atoms with van der Waals surface area (Å²) in [7, 11) is 0. The van der Waals surface area contributed by atoms with Crippen molar-refractivity contribution in [2.24, 2.45) is 0 Å². The highest BCUT2D eigenvalue weighted by Crippen LogP contribution is 2.27. The van der Waals surface area contributed by atoms with E-state index in [2.05, 4.69) is 4.90 Å². The summed E-state index contributed by atoms with van der Waals surface area (Å²) in [5.41, 5.74) is 6.45. The van der Waals surface area contributed by atoms with Crippen molar-refractivity contribution in [3.63, 3.8) is 0 Å². The lowest BCUT2D eigenvalue weighted by atomic mass is 9.91. The van der Waals surface area contributed by atoms with Crippen LogP contribution in [0.4, 0.5) is 10.1 Å². The van der Waals surface area contributed by atoms with Gasteiger partial charge in [-0.3, -0.25) is 4.90 Å². The molecule has 1 aromatic rings. The van der Waals surface area contributed by atoms with Crippen LogP contribution in [0.1, 0.15) is 31.2 Å². The predicted molar refractivity (Wildman–Crippen MR) is 70.6 cm³/mol. The van der Waals surface area contributed by atoms with E-state index in [0.717, 1.165) is 13.0 Å². The third-order valence-electron chi connectivity index (χ3n) is 3.68. The summed E-state index contributed by atoms with van der Waals surface area (Å²) >= 11 is 0. The number of nitrogens with two attached hydrogens (primary N) is 1. The maximum Gasteiger partial charge on any atom is 0.150 e. The maximum absolute atomic E-state index is 13.9. The van der Waals surface area contributed by atoms with Crippen molar-refractivity contribution in [2.45, 2.75) is 38.3 Å². The fraction of sp³-hybridized carbons (Fsp3) is 0.571. The van der Waals surface area contributed by atoms with E-state index in [4.69, 9.17) is 10.8 Å². The molecule has 1 saturated carbocycles. The second kappa shape index (κ2) is 6.16. The summed E-state index contributed by atoms with van der Waals surface area (Å²) < 4.78 is 13.9. The van der Waals surface area contributed by atoms with Gasteiger partial charge in [-0.2, -0.15) is 0 Å². The molecule has 0 spiro atoms. The Kier molecular flexibility index (Phi) is 4.55. The first-order valence-electron chi connectivity index (χ1n) is 6.60. The van der Waals surface area contributed by atoms with Crippen LogP contribution >= 0.6 is 0 Å². The molecule has 0 aliphatic heterocycles. The number of hydrogen-bond donors (Lipinski definition) is 2. The molecule has 0 aromatic heterocycles. The molecule has 1 aromatic carbocycles. The summed E-state index contributed by atoms with van der Waals surface area (Å²) in [6.45, 7) is 1.58. The Balaban J connectivity index is 2.04. The van der Waals surface area contributed by atoms with Gasteiger partial charge in [-0.1, -0.05) is 18.6 Å². The third kappa shape index (κ3) is 3.00. The molecule has 2 rings (SSSR count). The molecule has 1 fully saturated rings. The highest BCUT2D eigenvalue weighted by atomic mass is 19.1. The Bertz CT molecular complexity index is 393.